The highest BCUT2D eigenvalue weighted by Gasteiger charge is 2.34. The lowest BCUT2D eigenvalue weighted by Crippen LogP contribution is -2.59. The van der Waals surface area contributed by atoms with Crippen molar-refractivity contribution in [2.24, 2.45) is 0 Å². The summed E-state index contributed by atoms with van der Waals surface area (Å²) in [6.07, 6.45) is 4.01. The minimum atomic E-state index is 0.391. The highest BCUT2D eigenvalue weighted by Crippen LogP contribution is 2.25. The second kappa shape index (κ2) is 5.93. The van der Waals surface area contributed by atoms with E-state index in [1.807, 2.05) is 0 Å². The number of aryl methyl sites for hydroxylation is 1. The largest absolute Gasteiger partial charge is 0.487 e. The van der Waals surface area contributed by atoms with Crippen LogP contribution in [-0.4, -0.2) is 43.2 Å². The maximum Gasteiger partial charge on any atom is 0.124 e. The molecule has 3 heteroatoms. The van der Waals surface area contributed by atoms with E-state index < -0.39 is 0 Å². The Hall–Kier alpha value is -1.06. The number of nitrogens with one attached hydrogen (secondary N) is 1. The van der Waals surface area contributed by atoms with Crippen molar-refractivity contribution in [1.82, 2.24) is 10.2 Å². The molecule has 0 amide bonds. The van der Waals surface area contributed by atoms with Crippen LogP contribution in [0.1, 0.15) is 25.3 Å². The fraction of sp³-hybridized carbons (Fsp3) is 0.625. The molecular weight excluding hydrogens is 236 g/mol. The minimum absolute atomic E-state index is 0.391. The summed E-state index contributed by atoms with van der Waals surface area (Å²) in [5, 5.41) is 3.43. The van der Waals surface area contributed by atoms with Gasteiger partial charge in [0.15, 0.2) is 0 Å². The van der Waals surface area contributed by atoms with Crippen molar-refractivity contribution in [3.8, 4) is 5.75 Å². The van der Waals surface area contributed by atoms with Gasteiger partial charge in [0.05, 0.1) is 0 Å². The van der Waals surface area contributed by atoms with E-state index in [-0.39, 0.29) is 0 Å². The first-order chi connectivity index (χ1) is 9.36. The highest BCUT2D eigenvalue weighted by molar-refractivity contribution is 5.33. The third kappa shape index (κ3) is 2.93. The van der Waals surface area contributed by atoms with Gasteiger partial charge in [0.2, 0.25) is 0 Å². The molecule has 2 aliphatic rings. The van der Waals surface area contributed by atoms with Crippen LogP contribution in [0.5, 0.6) is 5.75 Å². The summed E-state index contributed by atoms with van der Waals surface area (Å²) >= 11 is 0. The number of nitrogens with zero attached hydrogens (tertiary/aromatic N) is 1. The Kier molecular flexibility index (Phi) is 4.04. The molecule has 2 aliphatic heterocycles. The Balaban J connectivity index is 1.51. The number of likely N-dealkylation sites (tertiary alicyclic amines) is 1. The van der Waals surface area contributed by atoms with Crippen molar-refractivity contribution in [3.05, 3.63) is 29.8 Å². The minimum Gasteiger partial charge on any atom is -0.487 e. The van der Waals surface area contributed by atoms with Crippen LogP contribution in [0.4, 0.5) is 0 Å². The van der Waals surface area contributed by atoms with Crippen LogP contribution in [-0.2, 0) is 6.42 Å². The molecule has 0 unspecified atom stereocenters. The molecular formula is C16H24N2O. The van der Waals surface area contributed by atoms with Gasteiger partial charge in [0, 0.05) is 19.1 Å². The molecule has 2 saturated heterocycles. The van der Waals surface area contributed by atoms with E-state index in [0.717, 1.165) is 31.3 Å². The van der Waals surface area contributed by atoms with Crippen molar-refractivity contribution in [2.75, 3.05) is 26.2 Å². The first-order valence-electron chi connectivity index (χ1n) is 7.56. The van der Waals surface area contributed by atoms with E-state index in [0.29, 0.717) is 6.10 Å². The van der Waals surface area contributed by atoms with E-state index in [1.165, 1.54) is 31.5 Å². The molecule has 0 aliphatic carbocycles. The standard InChI is InChI=1S/C16H24N2O/c1-2-13-5-3-4-6-16(13)19-15-11-18(12-15)14-7-9-17-10-8-14/h3-6,14-15,17H,2,7-12H2,1H3. The Labute approximate surface area is 115 Å². The van der Waals surface area contributed by atoms with Gasteiger partial charge in [-0.1, -0.05) is 25.1 Å². The molecule has 0 spiro atoms. The van der Waals surface area contributed by atoms with Gasteiger partial charge in [-0.15, -0.1) is 0 Å². The predicted molar refractivity (Wildman–Crippen MR) is 77.7 cm³/mol. The lowest BCUT2D eigenvalue weighted by Gasteiger charge is -2.45. The first kappa shape index (κ1) is 12.9. The summed E-state index contributed by atoms with van der Waals surface area (Å²) in [6.45, 7) is 6.73. The van der Waals surface area contributed by atoms with Crippen molar-refractivity contribution in [3.63, 3.8) is 0 Å². The van der Waals surface area contributed by atoms with Crippen LogP contribution in [0.15, 0.2) is 24.3 Å². The molecule has 2 heterocycles. The molecule has 19 heavy (non-hydrogen) atoms. The average Bonchev–Trinajstić information content (AvgIpc) is 2.43. The quantitative estimate of drug-likeness (QED) is 0.897. The smallest absolute Gasteiger partial charge is 0.124 e. The van der Waals surface area contributed by atoms with E-state index in [4.69, 9.17) is 4.74 Å². The lowest BCUT2D eigenvalue weighted by molar-refractivity contribution is -0.0173. The fourth-order valence-electron chi connectivity index (χ4n) is 3.10. The van der Waals surface area contributed by atoms with Gasteiger partial charge in [-0.05, 0) is 44.0 Å². The second-order valence-corrected chi connectivity index (χ2v) is 5.64. The summed E-state index contributed by atoms with van der Waals surface area (Å²) in [5.41, 5.74) is 1.32. The number of rotatable bonds is 4. The molecule has 1 aromatic carbocycles. The summed E-state index contributed by atoms with van der Waals surface area (Å²) in [6, 6.07) is 9.21. The van der Waals surface area contributed by atoms with Gasteiger partial charge in [-0.3, -0.25) is 4.90 Å². The molecule has 104 valence electrons. The summed E-state index contributed by atoms with van der Waals surface area (Å²) < 4.78 is 6.14. The van der Waals surface area contributed by atoms with Gasteiger partial charge >= 0.3 is 0 Å². The maximum absolute atomic E-state index is 6.14. The zero-order chi connectivity index (χ0) is 13.1. The SMILES string of the molecule is CCc1ccccc1OC1CN(C2CCNCC2)C1. The summed E-state index contributed by atoms with van der Waals surface area (Å²) in [7, 11) is 0. The monoisotopic (exact) mass is 260 g/mol. The average molecular weight is 260 g/mol. The molecule has 1 N–H and O–H groups in total. The normalized spacial score (nSPS) is 22.2. The summed E-state index contributed by atoms with van der Waals surface area (Å²) in [5.74, 6) is 1.08. The lowest BCUT2D eigenvalue weighted by atomic mass is 9.99. The molecule has 0 radical (unpaired) electrons. The molecule has 1 aromatic rings. The van der Waals surface area contributed by atoms with Crippen LogP contribution in [0.2, 0.25) is 0 Å². The van der Waals surface area contributed by atoms with Crippen LogP contribution < -0.4 is 10.1 Å². The van der Waals surface area contributed by atoms with Crippen molar-refractivity contribution < 1.29 is 4.74 Å². The van der Waals surface area contributed by atoms with Gasteiger partial charge in [0.1, 0.15) is 11.9 Å². The van der Waals surface area contributed by atoms with E-state index >= 15 is 0 Å². The Morgan fingerprint density at radius 3 is 2.68 bits per heavy atom. The van der Waals surface area contributed by atoms with Crippen molar-refractivity contribution in [2.45, 2.75) is 38.3 Å². The molecule has 0 aromatic heterocycles. The van der Waals surface area contributed by atoms with Crippen LogP contribution in [0, 0.1) is 0 Å². The summed E-state index contributed by atoms with van der Waals surface area (Å²) in [4.78, 5) is 2.58. The van der Waals surface area contributed by atoms with Crippen LogP contribution >= 0.6 is 0 Å². The van der Waals surface area contributed by atoms with Crippen LogP contribution in [0.3, 0.4) is 0 Å². The number of hydrogen-bond donors (Lipinski definition) is 1. The fourth-order valence-corrected chi connectivity index (χ4v) is 3.10. The Morgan fingerprint density at radius 1 is 1.21 bits per heavy atom. The molecule has 0 saturated carbocycles. The Morgan fingerprint density at radius 2 is 1.95 bits per heavy atom. The first-order valence-corrected chi connectivity index (χ1v) is 7.56. The van der Waals surface area contributed by atoms with Crippen molar-refractivity contribution in [1.29, 1.82) is 0 Å². The molecule has 3 rings (SSSR count). The van der Waals surface area contributed by atoms with Gasteiger partial charge in [-0.25, -0.2) is 0 Å². The van der Waals surface area contributed by atoms with E-state index in [2.05, 4.69) is 41.4 Å². The van der Waals surface area contributed by atoms with Gasteiger partial charge < -0.3 is 10.1 Å². The predicted octanol–water partition coefficient (Wildman–Crippen LogP) is 2.06. The Bertz CT molecular complexity index is 409. The van der Waals surface area contributed by atoms with Gasteiger partial charge in [-0.2, -0.15) is 0 Å². The number of ether oxygens (including phenoxy) is 1. The number of piperidine rings is 1. The highest BCUT2D eigenvalue weighted by atomic mass is 16.5. The topological polar surface area (TPSA) is 24.5 Å². The third-order valence-electron chi connectivity index (χ3n) is 4.35. The molecule has 0 bridgehead atoms. The van der Waals surface area contributed by atoms with Gasteiger partial charge in [0.25, 0.3) is 0 Å². The van der Waals surface area contributed by atoms with Crippen LogP contribution in [0.25, 0.3) is 0 Å². The van der Waals surface area contributed by atoms with E-state index in [1.54, 1.807) is 0 Å². The zero-order valence-electron chi connectivity index (χ0n) is 11.8. The maximum atomic E-state index is 6.14. The molecule has 3 nitrogen and oxygen atoms in total. The zero-order valence-corrected chi connectivity index (χ0v) is 11.8. The third-order valence-corrected chi connectivity index (χ3v) is 4.35. The molecule has 0 atom stereocenters. The van der Waals surface area contributed by atoms with E-state index in [9.17, 15) is 0 Å². The second-order valence-electron chi connectivity index (χ2n) is 5.64. The number of para-hydroxylation sites is 1. The molecule has 2 fully saturated rings. The number of hydrogen-bond acceptors (Lipinski definition) is 3. The van der Waals surface area contributed by atoms with Crippen molar-refractivity contribution >= 4 is 0 Å². The number of benzene rings is 1.